The van der Waals surface area contributed by atoms with Crippen LogP contribution in [-0.2, 0) is 4.79 Å². The topological polar surface area (TPSA) is 76.2 Å². The Bertz CT molecular complexity index is 528. The molecule has 1 N–H and O–H groups in total. The van der Waals surface area contributed by atoms with Gasteiger partial charge in [0.25, 0.3) is 11.1 Å². The lowest BCUT2D eigenvalue weighted by Crippen LogP contribution is -1.97. The van der Waals surface area contributed by atoms with E-state index in [-0.39, 0.29) is 11.0 Å². The summed E-state index contributed by atoms with van der Waals surface area (Å²) in [7, 11) is 0. The van der Waals surface area contributed by atoms with E-state index >= 15 is 0 Å². The number of carbonyl (C=O) groups is 1. The monoisotopic (exact) mass is 270 g/mol. The van der Waals surface area contributed by atoms with Crippen LogP contribution in [0.25, 0.3) is 10.8 Å². The van der Waals surface area contributed by atoms with Crippen LogP contribution in [0.5, 0.6) is 0 Å². The normalized spacial score (nSPS) is 10.7. The number of thioether (sulfide) groups is 1. The molecule has 0 unspecified atom stereocenters. The van der Waals surface area contributed by atoms with Gasteiger partial charge in [0.1, 0.15) is 5.75 Å². The second kappa shape index (κ2) is 4.89. The van der Waals surface area contributed by atoms with Crippen LogP contribution in [0.15, 0.2) is 15.7 Å². The zero-order valence-electron chi connectivity index (χ0n) is 9.26. The maximum Gasteiger partial charge on any atom is 0.314 e. The van der Waals surface area contributed by atoms with Crippen LogP contribution in [0.4, 0.5) is 0 Å². The zero-order chi connectivity index (χ0) is 12.4. The number of carboxylic acids is 1. The van der Waals surface area contributed by atoms with Crippen LogP contribution in [0.1, 0.15) is 10.4 Å². The van der Waals surface area contributed by atoms with E-state index in [1.165, 1.54) is 10.4 Å². The Morgan fingerprint density at radius 2 is 2.29 bits per heavy atom. The van der Waals surface area contributed by atoms with Gasteiger partial charge in [0.2, 0.25) is 0 Å². The molecule has 0 radical (unpaired) electrons. The average molecular weight is 270 g/mol. The Balaban J connectivity index is 2.15. The number of hydrogen-bond donors (Lipinski definition) is 1. The summed E-state index contributed by atoms with van der Waals surface area (Å²) >= 11 is 2.60. The predicted octanol–water partition coefficient (Wildman–Crippen LogP) is 2.59. The van der Waals surface area contributed by atoms with Gasteiger partial charge in [0, 0.05) is 4.88 Å². The van der Waals surface area contributed by atoms with Crippen molar-refractivity contribution in [2.45, 2.75) is 19.1 Å². The maximum atomic E-state index is 10.4. The molecular formula is C10H10N2O3S2. The molecule has 0 fully saturated rings. The highest BCUT2D eigenvalue weighted by atomic mass is 32.2. The van der Waals surface area contributed by atoms with Gasteiger partial charge in [0.15, 0.2) is 0 Å². The van der Waals surface area contributed by atoms with Crippen molar-refractivity contribution in [3.8, 4) is 10.8 Å². The molecule has 2 heterocycles. The highest BCUT2D eigenvalue weighted by Crippen LogP contribution is 2.31. The molecule has 2 aromatic heterocycles. The van der Waals surface area contributed by atoms with E-state index in [0.717, 1.165) is 16.6 Å². The number of thiophene rings is 1. The molecule has 0 aliphatic carbocycles. The minimum atomic E-state index is -0.905. The fraction of sp³-hybridized carbons (Fsp3) is 0.300. The van der Waals surface area contributed by atoms with Crippen molar-refractivity contribution in [3.05, 3.63) is 16.5 Å². The summed E-state index contributed by atoms with van der Waals surface area (Å²) in [6.07, 6.45) is 0. The Labute approximate surface area is 106 Å². The van der Waals surface area contributed by atoms with Crippen LogP contribution in [-0.4, -0.2) is 27.0 Å². The molecule has 0 saturated carbocycles. The molecule has 0 aromatic carbocycles. The van der Waals surface area contributed by atoms with Crippen molar-refractivity contribution in [2.75, 3.05) is 5.75 Å². The molecule has 0 amide bonds. The zero-order valence-corrected chi connectivity index (χ0v) is 10.9. The minimum absolute atomic E-state index is 0.0792. The molecule has 0 spiro atoms. The molecule has 90 valence electrons. The average Bonchev–Trinajstić information content (AvgIpc) is 2.84. The third kappa shape index (κ3) is 2.86. The van der Waals surface area contributed by atoms with Crippen molar-refractivity contribution in [2.24, 2.45) is 0 Å². The largest absolute Gasteiger partial charge is 0.481 e. The van der Waals surface area contributed by atoms with E-state index in [9.17, 15) is 4.79 Å². The summed E-state index contributed by atoms with van der Waals surface area (Å²) in [4.78, 5) is 12.5. The van der Waals surface area contributed by atoms with Crippen molar-refractivity contribution in [1.29, 1.82) is 0 Å². The van der Waals surface area contributed by atoms with E-state index in [0.29, 0.717) is 5.89 Å². The number of aliphatic carboxylic acids is 1. The lowest BCUT2D eigenvalue weighted by atomic mass is 10.3. The maximum absolute atomic E-state index is 10.4. The van der Waals surface area contributed by atoms with Gasteiger partial charge in [0.05, 0.1) is 4.88 Å². The third-order valence-corrected chi connectivity index (χ3v) is 4.05. The molecule has 0 aliphatic heterocycles. The highest BCUT2D eigenvalue weighted by molar-refractivity contribution is 7.99. The summed E-state index contributed by atoms with van der Waals surface area (Å²) in [6, 6.07) is 1.99. The van der Waals surface area contributed by atoms with Gasteiger partial charge in [-0.2, -0.15) is 0 Å². The summed E-state index contributed by atoms with van der Waals surface area (Å²) in [5.74, 6) is -0.541. The number of aryl methyl sites for hydroxylation is 2. The number of hydrogen-bond acceptors (Lipinski definition) is 6. The molecular weight excluding hydrogens is 260 g/mol. The highest BCUT2D eigenvalue weighted by Gasteiger charge is 2.13. The van der Waals surface area contributed by atoms with Crippen LogP contribution in [0, 0.1) is 13.8 Å². The van der Waals surface area contributed by atoms with E-state index < -0.39 is 5.97 Å². The van der Waals surface area contributed by atoms with Gasteiger partial charge in [-0.05, 0) is 25.5 Å². The van der Waals surface area contributed by atoms with Crippen LogP contribution in [0.3, 0.4) is 0 Å². The van der Waals surface area contributed by atoms with E-state index in [4.69, 9.17) is 9.52 Å². The van der Waals surface area contributed by atoms with Gasteiger partial charge >= 0.3 is 5.97 Å². The number of rotatable bonds is 4. The molecule has 0 atom stereocenters. The van der Waals surface area contributed by atoms with Gasteiger partial charge in [-0.15, -0.1) is 21.5 Å². The SMILES string of the molecule is Cc1cc(-c2nnc(SCC(=O)O)o2)sc1C. The first-order valence-corrected chi connectivity index (χ1v) is 6.62. The van der Waals surface area contributed by atoms with Crippen molar-refractivity contribution >= 4 is 29.1 Å². The number of carboxylic acid groups (broad SMARTS) is 1. The summed E-state index contributed by atoms with van der Waals surface area (Å²) in [5, 5.41) is 16.5. The Kier molecular flexibility index (Phi) is 3.49. The Morgan fingerprint density at radius 1 is 1.53 bits per heavy atom. The standard InChI is InChI=1S/C10H10N2O3S2/c1-5-3-7(17-6(5)2)9-11-12-10(15-9)16-4-8(13)14/h3H,4H2,1-2H3,(H,13,14). The number of nitrogens with zero attached hydrogens (tertiary/aromatic N) is 2. The molecule has 0 saturated heterocycles. The molecule has 5 nitrogen and oxygen atoms in total. The summed E-state index contributed by atoms with van der Waals surface area (Å²) < 4.78 is 5.38. The second-order valence-corrected chi connectivity index (χ2v) is 5.59. The molecule has 2 aromatic rings. The van der Waals surface area contributed by atoms with Crippen LogP contribution < -0.4 is 0 Å². The van der Waals surface area contributed by atoms with Gasteiger partial charge in [-0.25, -0.2) is 0 Å². The third-order valence-electron chi connectivity index (χ3n) is 2.10. The quantitative estimate of drug-likeness (QED) is 0.860. The first kappa shape index (κ1) is 12.1. The molecule has 7 heteroatoms. The Hall–Kier alpha value is -1.34. The predicted molar refractivity (Wildman–Crippen MR) is 65.4 cm³/mol. The second-order valence-electron chi connectivity index (χ2n) is 3.41. The van der Waals surface area contributed by atoms with E-state index in [2.05, 4.69) is 10.2 Å². The minimum Gasteiger partial charge on any atom is -0.481 e. The molecule has 2 rings (SSSR count). The fourth-order valence-electron chi connectivity index (χ4n) is 1.17. The fourth-order valence-corrected chi connectivity index (χ4v) is 2.61. The number of aromatic nitrogens is 2. The van der Waals surface area contributed by atoms with Crippen LogP contribution in [0.2, 0.25) is 0 Å². The molecule has 17 heavy (non-hydrogen) atoms. The first-order valence-electron chi connectivity index (χ1n) is 4.82. The van der Waals surface area contributed by atoms with Gasteiger partial charge < -0.3 is 9.52 Å². The van der Waals surface area contributed by atoms with Crippen molar-refractivity contribution in [1.82, 2.24) is 10.2 Å². The van der Waals surface area contributed by atoms with Crippen LogP contribution >= 0.6 is 23.1 Å². The van der Waals surface area contributed by atoms with E-state index in [1.807, 2.05) is 19.9 Å². The van der Waals surface area contributed by atoms with E-state index in [1.54, 1.807) is 11.3 Å². The van der Waals surface area contributed by atoms with Gasteiger partial charge in [-0.3, -0.25) is 4.79 Å². The van der Waals surface area contributed by atoms with Crippen molar-refractivity contribution < 1.29 is 14.3 Å². The molecule has 0 bridgehead atoms. The summed E-state index contributed by atoms with van der Waals surface area (Å²) in [5.41, 5.74) is 1.18. The van der Waals surface area contributed by atoms with Crippen molar-refractivity contribution in [3.63, 3.8) is 0 Å². The smallest absolute Gasteiger partial charge is 0.314 e. The Morgan fingerprint density at radius 3 is 2.88 bits per heavy atom. The first-order chi connectivity index (χ1) is 8.06. The lowest BCUT2D eigenvalue weighted by molar-refractivity contribution is -0.133. The summed E-state index contributed by atoms with van der Waals surface area (Å²) in [6.45, 7) is 4.05. The lowest BCUT2D eigenvalue weighted by Gasteiger charge is -1.88. The molecule has 0 aliphatic rings. The van der Waals surface area contributed by atoms with Gasteiger partial charge in [-0.1, -0.05) is 11.8 Å².